The van der Waals surface area contributed by atoms with E-state index in [1.165, 1.54) is 0 Å². The maximum absolute atomic E-state index is 11.4. The van der Waals surface area contributed by atoms with Crippen molar-refractivity contribution in [3.8, 4) is 5.75 Å². The number of aliphatic hydroxyl groups excluding tert-OH is 1. The van der Waals surface area contributed by atoms with Crippen molar-refractivity contribution < 1.29 is 14.6 Å². The summed E-state index contributed by atoms with van der Waals surface area (Å²) in [6.45, 7) is 2.39. The summed E-state index contributed by atoms with van der Waals surface area (Å²) in [6.07, 6.45) is 0. The van der Waals surface area contributed by atoms with Gasteiger partial charge in [-0.2, -0.15) is 0 Å². The zero-order valence-electron chi connectivity index (χ0n) is 9.65. The van der Waals surface area contributed by atoms with E-state index in [-0.39, 0.29) is 25.0 Å². The van der Waals surface area contributed by atoms with Crippen LogP contribution >= 0.6 is 22.6 Å². The summed E-state index contributed by atoms with van der Waals surface area (Å²) >= 11 is 2.20. The molecule has 0 aliphatic carbocycles. The third kappa shape index (κ3) is 5.88. The number of ether oxygens (including phenoxy) is 1. The highest BCUT2D eigenvalue weighted by Crippen LogP contribution is 2.13. The highest BCUT2D eigenvalue weighted by Gasteiger charge is 2.05. The quantitative estimate of drug-likeness (QED) is 0.764. The highest BCUT2D eigenvalue weighted by molar-refractivity contribution is 14.1. The van der Waals surface area contributed by atoms with E-state index in [9.17, 15) is 4.79 Å². The monoisotopic (exact) mass is 349 g/mol. The van der Waals surface area contributed by atoms with Crippen LogP contribution in [0.15, 0.2) is 24.3 Å². The molecule has 1 aromatic carbocycles. The Morgan fingerprint density at radius 2 is 2.12 bits per heavy atom. The molecule has 1 atom stereocenters. The van der Waals surface area contributed by atoms with Crippen LogP contribution in [0.25, 0.3) is 0 Å². The third-order valence-corrected chi connectivity index (χ3v) is 2.86. The molecular formula is C12H16INO3. The predicted octanol–water partition coefficient (Wildman–Crippen LogP) is 1.41. The summed E-state index contributed by atoms with van der Waals surface area (Å²) in [5.41, 5.74) is 0. The van der Waals surface area contributed by atoms with E-state index in [2.05, 4.69) is 27.9 Å². The van der Waals surface area contributed by atoms with Crippen LogP contribution in [0, 0.1) is 9.49 Å². The second-order valence-corrected chi connectivity index (χ2v) is 5.08. The fraction of sp³-hybridized carbons (Fsp3) is 0.417. The minimum absolute atomic E-state index is 0.00125. The number of hydrogen-bond donors (Lipinski definition) is 2. The molecule has 0 bridgehead atoms. The number of benzene rings is 1. The lowest BCUT2D eigenvalue weighted by Crippen LogP contribution is -2.33. The first kappa shape index (κ1) is 14.2. The Morgan fingerprint density at radius 3 is 2.71 bits per heavy atom. The van der Waals surface area contributed by atoms with E-state index in [1.54, 1.807) is 0 Å². The van der Waals surface area contributed by atoms with Gasteiger partial charge in [-0.25, -0.2) is 0 Å². The standard InChI is InChI=1S/C12H16INO3/c1-9(7-15)6-14-12(16)8-17-11-4-2-10(13)3-5-11/h2-5,9,15H,6-8H2,1H3,(H,14,16). The van der Waals surface area contributed by atoms with Gasteiger partial charge in [0.2, 0.25) is 0 Å². The molecule has 0 fully saturated rings. The van der Waals surface area contributed by atoms with Crippen LogP contribution in [0.4, 0.5) is 0 Å². The molecule has 0 radical (unpaired) electrons. The fourth-order valence-electron chi connectivity index (χ4n) is 1.08. The molecule has 0 heterocycles. The number of amides is 1. The highest BCUT2D eigenvalue weighted by atomic mass is 127. The molecular weight excluding hydrogens is 333 g/mol. The Kier molecular flexibility index (Phi) is 6.28. The third-order valence-electron chi connectivity index (χ3n) is 2.14. The Hall–Kier alpha value is -0.820. The minimum Gasteiger partial charge on any atom is -0.484 e. The van der Waals surface area contributed by atoms with E-state index in [4.69, 9.17) is 9.84 Å². The second kappa shape index (κ2) is 7.50. The molecule has 4 nitrogen and oxygen atoms in total. The van der Waals surface area contributed by atoms with Gasteiger partial charge in [0.05, 0.1) is 0 Å². The van der Waals surface area contributed by atoms with Crippen LogP contribution in [-0.2, 0) is 4.79 Å². The summed E-state index contributed by atoms with van der Waals surface area (Å²) in [5, 5.41) is 11.5. The predicted molar refractivity (Wildman–Crippen MR) is 73.9 cm³/mol. The molecule has 0 spiro atoms. The van der Waals surface area contributed by atoms with E-state index in [1.807, 2.05) is 31.2 Å². The van der Waals surface area contributed by atoms with Crippen molar-refractivity contribution in [2.75, 3.05) is 19.8 Å². The van der Waals surface area contributed by atoms with Gasteiger partial charge in [0.25, 0.3) is 5.91 Å². The van der Waals surface area contributed by atoms with Gasteiger partial charge in [-0.1, -0.05) is 6.92 Å². The average Bonchev–Trinajstić information content (AvgIpc) is 2.35. The van der Waals surface area contributed by atoms with Crippen molar-refractivity contribution in [3.05, 3.63) is 27.8 Å². The molecule has 1 unspecified atom stereocenters. The summed E-state index contributed by atoms with van der Waals surface area (Å²) in [5.74, 6) is 0.567. The molecule has 0 aliphatic heterocycles. The Balaban J connectivity index is 2.26. The van der Waals surface area contributed by atoms with Gasteiger partial charge < -0.3 is 15.2 Å². The topological polar surface area (TPSA) is 58.6 Å². The van der Waals surface area contributed by atoms with E-state index >= 15 is 0 Å². The first-order valence-corrected chi connectivity index (χ1v) is 6.45. The lowest BCUT2D eigenvalue weighted by Gasteiger charge is -2.10. The Labute approximate surface area is 115 Å². The van der Waals surface area contributed by atoms with Crippen LogP contribution in [0.1, 0.15) is 6.92 Å². The summed E-state index contributed by atoms with van der Waals surface area (Å²) in [7, 11) is 0. The fourth-order valence-corrected chi connectivity index (χ4v) is 1.44. The number of halogens is 1. The van der Waals surface area contributed by atoms with E-state index in [0.29, 0.717) is 12.3 Å². The molecule has 0 saturated carbocycles. The molecule has 17 heavy (non-hydrogen) atoms. The van der Waals surface area contributed by atoms with E-state index < -0.39 is 0 Å². The van der Waals surface area contributed by atoms with Crippen molar-refractivity contribution in [3.63, 3.8) is 0 Å². The zero-order valence-corrected chi connectivity index (χ0v) is 11.8. The second-order valence-electron chi connectivity index (χ2n) is 3.83. The summed E-state index contributed by atoms with van der Waals surface area (Å²) in [4.78, 5) is 11.4. The number of carbonyl (C=O) groups is 1. The van der Waals surface area contributed by atoms with E-state index in [0.717, 1.165) is 3.57 Å². The van der Waals surface area contributed by atoms with Crippen molar-refractivity contribution in [2.45, 2.75) is 6.92 Å². The smallest absolute Gasteiger partial charge is 0.257 e. The van der Waals surface area contributed by atoms with Gasteiger partial charge in [0, 0.05) is 16.7 Å². The zero-order chi connectivity index (χ0) is 12.7. The molecule has 1 aromatic rings. The molecule has 1 amide bonds. The molecule has 0 aliphatic rings. The van der Waals surface area contributed by atoms with Crippen molar-refractivity contribution >= 4 is 28.5 Å². The molecule has 0 saturated heterocycles. The molecule has 0 aromatic heterocycles. The maximum atomic E-state index is 11.4. The summed E-state index contributed by atoms with van der Waals surface area (Å²) < 4.78 is 6.43. The average molecular weight is 349 g/mol. The molecule has 5 heteroatoms. The first-order chi connectivity index (χ1) is 8.11. The Morgan fingerprint density at radius 1 is 1.47 bits per heavy atom. The van der Waals surface area contributed by atoms with Gasteiger partial charge in [0.1, 0.15) is 5.75 Å². The Bertz CT molecular complexity index is 353. The normalized spacial score (nSPS) is 11.9. The molecule has 94 valence electrons. The van der Waals surface area contributed by atoms with Crippen molar-refractivity contribution in [1.82, 2.24) is 5.32 Å². The molecule has 1 rings (SSSR count). The van der Waals surface area contributed by atoms with Gasteiger partial charge in [-0.05, 0) is 52.8 Å². The van der Waals surface area contributed by atoms with Gasteiger partial charge in [0.15, 0.2) is 6.61 Å². The van der Waals surface area contributed by atoms with Crippen LogP contribution in [0.3, 0.4) is 0 Å². The van der Waals surface area contributed by atoms with Crippen LogP contribution in [-0.4, -0.2) is 30.8 Å². The van der Waals surface area contributed by atoms with Gasteiger partial charge in [-0.15, -0.1) is 0 Å². The van der Waals surface area contributed by atoms with Crippen LogP contribution < -0.4 is 10.1 Å². The van der Waals surface area contributed by atoms with Crippen molar-refractivity contribution in [2.24, 2.45) is 5.92 Å². The lowest BCUT2D eigenvalue weighted by molar-refractivity contribution is -0.123. The number of hydrogen-bond acceptors (Lipinski definition) is 3. The van der Waals surface area contributed by atoms with Crippen LogP contribution in [0.2, 0.25) is 0 Å². The number of nitrogens with one attached hydrogen (secondary N) is 1. The summed E-state index contributed by atoms with van der Waals surface area (Å²) in [6, 6.07) is 7.49. The van der Waals surface area contributed by atoms with Gasteiger partial charge >= 0.3 is 0 Å². The first-order valence-electron chi connectivity index (χ1n) is 5.37. The SMILES string of the molecule is CC(CO)CNC(=O)COc1ccc(I)cc1. The minimum atomic E-state index is -0.177. The number of aliphatic hydroxyl groups is 1. The van der Waals surface area contributed by atoms with Crippen molar-refractivity contribution in [1.29, 1.82) is 0 Å². The molecule has 2 N–H and O–H groups in total. The van der Waals surface area contributed by atoms with Gasteiger partial charge in [-0.3, -0.25) is 4.79 Å². The largest absolute Gasteiger partial charge is 0.484 e. The van der Waals surface area contributed by atoms with Crippen LogP contribution in [0.5, 0.6) is 5.75 Å². The lowest BCUT2D eigenvalue weighted by atomic mass is 10.2. The number of carbonyl (C=O) groups excluding carboxylic acids is 1. The maximum Gasteiger partial charge on any atom is 0.257 e. The number of rotatable bonds is 6.